The number of hydrogen-bond donors (Lipinski definition) is 1. The minimum Gasteiger partial charge on any atom is -0.324 e. The molecule has 0 aliphatic carbocycles. The van der Waals surface area contributed by atoms with Crippen LogP contribution in [0.3, 0.4) is 0 Å². The maximum absolute atomic E-state index is 13.5. The summed E-state index contributed by atoms with van der Waals surface area (Å²) in [6, 6.07) is 3.36. The van der Waals surface area contributed by atoms with Gasteiger partial charge in [0.2, 0.25) is 0 Å². The maximum Gasteiger partial charge on any atom is 0.126 e. The van der Waals surface area contributed by atoms with Crippen LogP contribution >= 0.6 is 11.8 Å². The van der Waals surface area contributed by atoms with Gasteiger partial charge in [-0.2, -0.15) is 0 Å². The lowest BCUT2D eigenvalue weighted by atomic mass is 10.1. The zero-order valence-electron chi connectivity index (χ0n) is 10.4. The second kappa shape index (κ2) is 5.69. The summed E-state index contributed by atoms with van der Waals surface area (Å²) in [5.41, 5.74) is 7.46. The van der Waals surface area contributed by atoms with E-state index in [1.807, 2.05) is 13.0 Å². The van der Waals surface area contributed by atoms with E-state index in [2.05, 4.69) is 13.8 Å². The van der Waals surface area contributed by atoms with E-state index in [-0.39, 0.29) is 11.9 Å². The number of nitrogens with two attached hydrogens (primary N) is 1. The average molecular weight is 241 g/mol. The van der Waals surface area contributed by atoms with Gasteiger partial charge in [0.1, 0.15) is 5.82 Å². The van der Waals surface area contributed by atoms with Gasteiger partial charge in [-0.05, 0) is 43.0 Å². The summed E-state index contributed by atoms with van der Waals surface area (Å²) in [5, 5.41) is 0. The van der Waals surface area contributed by atoms with Crippen molar-refractivity contribution in [3.63, 3.8) is 0 Å². The third-order valence-corrected chi connectivity index (χ3v) is 3.85. The van der Waals surface area contributed by atoms with E-state index in [4.69, 9.17) is 5.73 Å². The Morgan fingerprint density at radius 2 is 1.94 bits per heavy atom. The Bertz CT molecular complexity index is 361. The molecule has 0 radical (unpaired) electrons. The van der Waals surface area contributed by atoms with Crippen molar-refractivity contribution in [2.45, 2.75) is 38.6 Å². The molecule has 0 amide bonds. The average Bonchev–Trinajstić information content (AvgIpc) is 2.18. The lowest BCUT2D eigenvalue weighted by Crippen LogP contribution is -2.08. The molecule has 0 fully saturated rings. The highest BCUT2D eigenvalue weighted by Crippen LogP contribution is 2.30. The zero-order chi connectivity index (χ0) is 12.3. The SMILES string of the molecule is Cc1cc(SCC(C)C)c(C(C)N)cc1F. The molecule has 0 bridgehead atoms. The molecular weight excluding hydrogens is 221 g/mol. The summed E-state index contributed by atoms with van der Waals surface area (Å²) in [5.74, 6) is 1.49. The highest BCUT2D eigenvalue weighted by atomic mass is 32.2. The number of thioether (sulfide) groups is 1. The Balaban J connectivity index is 3.00. The molecule has 1 rings (SSSR count). The normalized spacial score (nSPS) is 13.2. The first kappa shape index (κ1) is 13.5. The molecule has 1 unspecified atom stereocenters. The van der Waals surface area contributed by atoms with Crippen LogP contribution < -0.4 is 5.73 Å². The monoisotopic (exact) mass is 241 g/mol. The Hall–Kier alpha value is -0.540. The second-order valence-corrected chi connectivity index (χ2v) is 5.69. The van der Waals surface area contributed by atoms with Gasteiger partial charge in [-0.1, -0.05) is 13.8 Å². The largest absolute Gasteiger partial charge is 0.324 e. The van der Waals surface area contributed by atoms with Crippen LogP contribution in [0.15, 0.2) is 17.0 Å². The summed E-state index contributed by atoms with van der Waals surface area (Å²) in [6.07, 6.45) is 0. The van der Waals surface area contributed by atoms with E-state index >= 15 is 0 Å². The summed E-state index contributed by atoms with van der Waals surface area (Å²) in [4.78, 5) is 1.11. The maximum atomic E-state index is 13.5. The van der Waals surface area contributed by atoms with Crippen LogP contribution in [0.25, 0.3) is 0 Å². The number of rotatable bonds is 4. The lowest BCUT2D eigenvalue weighted by molar-refractivity contribution is 0.610. The first-order chi connectivity index (χ1) is 7.41. The van der Waals surface area contributed by atoms with Gasteiger partial charge in [0.25, 0.3) is 0 Å². The standard InChI is InChI=1S/C13H20FNS/c1-8(2)7-16-13-5-9(3)12(14)6-11(13)10(4)15/h5-6,8,10H,7,15H2,1-4H3. The molecule has 1 nitrogen and oxygen atoms in total. The molecule has 0 aromatic heterocycles. The molecule has 0 spiro atoms. The van der Waals surface area contributed by atoms with Crippen molar-refractivity contribution in [2.24, 2.45) is 11.7 Å². The first-order valence-corrected chi connectivity index (χ1v) is 6.58. The van der Waals surface area contributed by atoms with Gasteiger partial charge in [0.05, 0.1) is 0 Å². The summed E-state index contributed by atoms with van der Waals surface area (Å²) in [7, 11) is 0. The van der Waals surface area contributed by atoms with Gasteiger partial charge in [-0.15, -0.1) is 11.8 Å². The van der Waals surface area contributed by atoms with Gasteiger partial charge >= 0.3 is 0 Å². The third kappa shape index (κ3) is 3.49. The highest BCUT2D eigenvalue weighted by Gasteiger charge is 2.11. The highest BCUT2D eigenvalue weighted by molar-refractivity contribution is 7.99. The fraction of sp³-hybridized carbons (Fsp3) is 0.538. The van der Waals surface area contributed by atoms with Crippen LogP contribution in [-0.4, -0.2) is 5.75 Å². The van der Waals surface area contributed by atoms with Crippen LogP contribution in [0.5, 0.6) is 0 Å². The van der Waals surface area contributed by atoms with E-state index in [1.54, 1.807) is 24.8 Å². The van der Waals surface area contributed by atoms with Crippen molar-refractivity contribution in [1.29, 1.82) is 0 Å². The minimum atomic E-state index is -0.166. The molecule has 0 aliphatic rings. The number of halogens is 1. The predicted octanol–water partition coefficient (Wildman–Crippen LogP) is 3.90. The zero-order valence-corrected chi connectivity index (χ0v) is 11.2. The van der Waals surface area contributed by atoms with Crippen molar-refractivity contribution in [3.05, 3.63) is 29.1 Å². The topological polar surface area (TPSA) is 26.0 Å². The van der Waals surface area contributed by atoms with Gasteiger partial charge in [0, 0.05) is 16.7 Å². The smallest absolute Gasteiger partial charge is 0.126 e. The summed E-state index contributed by atoms with van der Waals surface area (Å²) >= 11 is 1.76. The molecule has 1 aromatic rings. The number of hydrogen-bond acceptors (Lipinski definition) is 2. The van der Waals surface area contributed by atoms with Crippen LogP contribution in [0, 0.1) is 18.7 Å². The second-order valence-electron chi connectivity index (χ2n) is 4.63. The number of benzene rings is 1. The van der Waals surface area contributed by atoms with Gasteiger partial charge < -0.3 is 5.73 Å². The van der Waals surface area contributed by atoms with E-state index in [1.165, 1.54) is 0 Å². The fourth-order valence-electron chi connectivity index (χ4n) is 1.41. The predicted molar refractivity (Wildman–Crippen MR) is 69.3 cm³/mol. The molecule has 90 valence electrons. The molecule has 2 N–H and O–H groups in total. The summed E-state index contributed by atoms with van der Waals surface area (Å²) in [6.45, 7) is 8.03. The van der Waals surface area contributed by atoms with Crippen LogP contribution in [-0.2, 0) is 0 Å². The van der Waals surface area contributed by atoms with Crippen LogP contribution in [0.4, 0.5) is 4.39 Å². The third-order valence-electron chi connectivity index (χ3n) is 2.35. The van der Waals surface area contributed by atoms with Crippen molar-refractivity contribution < 1.29 is 4.39 Å². The van der Waals surface area contributed by atoms with Crippen molar-refractivity contribution in [2.75, 3.05) is 5.75 Å². The molecule has 0 saturated heterocycles. The minimum absolute atomic E-state index is 0.121. The summed E-state index contributed by atoms with van der Waals surface area (Å²) < 4.78 is 13.5. The van der Waals surface area contributed by atoms with E-state index in [0.717, 1.165) is 16.2 Å². The Morgan fingerprint density at radius 1 is 1.31 bits per heavy atom. The molecule has 0 saturated carbocycles. The molecule has 16 heavy (non-hydrogen) atoms. The Kier molecular flexibility index (Phi) is 4.81. The molecule has 0 heterocycles. The van der Waals surface area contributed by atoms with Gasteiger partial charge in [-0.3, -0.25) is 0 Å². The molecule has 1 atom stereocenters. The molecular formula is C13H20FNS. The van der Waals surface area contributed by atoms with Crippen LogP contribution in [0.2, 0.25) is 0 Å². The molecule has 3 heteroatoms. The number of aryl methyl sites for hydroxylation is 1. The van der Waals surface area contributed by atoms with E-state index in [9.17, 15) is 4.39 Å². The van der Waals surface area contributed by atoms with Gasteiger partial charge in [-0.25, -0.2) is 4.39 Å². The van der Waals surface area contributed by atoms with Crippen molar-refractivity contribution >= 4 is 11.8 Å². The van der Waals surface area contributed by atoms with Gasteiger partial charge in [0.15, 0.2) is 0 Å². The molecule has 1 aromatic carbocycles. The lowest BCUT2D eigenvalue weighted by Gasteiger charge is -2.14. The van der Waals surface area contributed by atoms with E-state index < -0.39 is 0 Å². The van der Waals surface area contributed by atoms with Crippen molar-refractivity contribution in [1.82, 2.24) is 0 Å². The van der Waals surface area contributed by atoms with Crippen LogP contribution in [0.1, 0.15) is 37.9 Å². The Labute approximate surface area is 102 Å². The van der Waals surface area contributed by atoms with E-state index in [0.29, 0.717) is 11.5 Å². The van der Waals surface area contributed by atoms with Crippen molar-refractivity contribution in [3.8, 4) is 0 Å². The Morgan fingerprint density at radius 3 is 2.44 bits per heavy atom. The quantitative estimate of drug-likeness (QED) is 0.809. The first-order valence-electron chi connectivity index (χ1n) is 5.60. The fourth-order valence-corrected chi connectivity index (χ4v) is 2.59. The molecule has 0 aliphatic heterocycles.